The third-order valence-corrected chi connectivity index (χ3v) is 9.14. The Hall–Kier alpha value is -2.36. The zero-order valence-corrected chi connectivity index (χ0v) is 25.6. The Balaban J connectivity index is 0.00000462. The zero-order chi connectivity index (χ0) is 28.5. The number of hydrogen-bond donors (Lipinski definition) is 3. The molecule has 4 rings (SSSR count). The highest BCUT2D eigenvalue weighted by atomic mass is 35.5. The van der Waals surface area contributed by atoms with Gasteiger partial charge >= 0.3 is 0 Å². The predicted octanol–water partition coefficient (Wildman–Crippen LogP) is 3.53. The number of hydrogen-bond acceptors (Lipinski definition) is 6. The molecule has 2 saturated heterocycles. The van der Waals surface area contributed by atoms with Crippen molar-refractivity contribution in [2.45, 2.75) is 95.2 Å². The molecule has 41 heavy (non-hydrogen) atoms. The number of nitrogens with zero attached hydrogens (tertiary/aromatic N) is 2. The fourth-order valence-electron chi connectivity index (χ4n) is 6.64. The predicted molar refractivity (Wildman–Crippen MR) is 161 cm³/mol. The van der Waals surface area contributed by atoms with Crippen LogP contribution in [0.1, 0.15) is 87.9 Å². The Morgan fingerprint density at radius 2 is 1.80 bits per heavy atom. The maximum absolute atomic E-state index is 13.8. The second-order valence-electron chi connectivity index (χ2n) is 11.7. The summed E-state index contributed by atoms with van der Waals surface area (Å²) < 4.78 is 5.89. The molecule has 9 nitrogen and oxygen atoms in total. The van der Waals surface area contributed by atoms with Crippen molar-refractivity contribution in [3.63, 3.8) is 0 Å². The van der Waals surface area contributed by atoms with Crippen molar-refractivity contribution in [1.29, 1.82) is 0 Å². The van der Waals surface area contributed by atoms with Gasteiger partial charge in [-0.3, -0.25) is 14.4 Å². The Morgan fingerprint density at radius 1 is 1.10 bits per heavy atom. The van der Waals surface area contributed by atoms with Crippen LogP contribution < -0.4 is 15.4 Å². The fraction of sp³-hybridized carbons (Fsp3) is 0.710. The molecule has 3 fully saturated rings. The number of piperazine rings is 1. The highest BCUT2D eigenvalue weighted by Crippen LogP contribution is 2.36. The van der Waals surface area contributed by atoms with Crippen LogP contribution in [0.2, 0.25) is 0 Å². The average Bonchev–Trinajstić information content (AvgIpc) is 2.99. The van der Waals surface area contributed by atoms with Gasteiger partial charge in [-0.1, -0.05) is 44.7 Å². The van der Waals surface area contributed by atoms with Crippen LogP contribution in [-0.2, 0) is 9.59 Å². The van der Waals surface area contributed by atoms with Crippen LogP contribution in [-0.4, -0.2) is 90.1 Å². The van der Waals surface area contributed by atoms with Gasteiger partial charge in [-0.2, -0.15) is 0 Å². The third kappa shape index (κ3) is 7.73. The molecule has 10 heteroatoms. The van der Waals surface area contributed by atoms with E-state index in [4.69, 9.17) is 4.74 Å². The second-order valence-corrected chi connectivity index (χ2v) is 11.7. The minimum Gasteiger partial charge on any atom is -0.493 e. The maximum Gasteiger partial charge on any atom is 0.254 e. The van der Waals surface area contributed by atoms with Crippen LogP contribution >= 0.6 is 12.4 Å². The summed E-state index contributed by atoms with van der Waals surface area (Å²) >= 11 is 0. The first-order valence-corrected chi connectivity index (χ1v) is 15.4. The molecule has 3 aliphatic rings. The number of para-hydroxylation sites is 1. The summed E-state index contributed by atoms with van der Waals surface area (Å²) in [5.41, 5.74) is -0.286. The van der Waals surface area contributed by atoms with E-state index in [1.54, 1.807) is 13.1 Å². The lowest BCUT2D eigenvalue weighted by molar-refractivity contribution is -0.165. The van der Waals surface area contributed by atoms with Crippen molar-refractivity contribution in [3.8, 4) is 5.75 Å². The number of aliphatic hydroxyl groups is 1. The van der Waals surface area contributed by atoms with E-state index in [0.29, 0.717) is 37.3 Å². The second kappa shape index (κ2) is 15.8. The van der Waals surface area contributed by atoms with Crippen LogP contribution in [0.25, 0.3) is 0 Å². The Morgan fingerprint density at radius 3 is 2.49 bits per heavy atom. The van der Waals surface area contributed by atoms with Crippen LogP contribution in [0.15, 0.2) is 24.3 Å². The fourth-order valence-corrected chi connectivity index (χ4v) is 6.64. The van der Waals surface area contributed by atoms with Gasteiger partial charge in [0.2, 0.25) is 11.8 Å². The monoisotopic (exact) mass is 592 g/mol. The average molecular weight is 593 g/mol. The Kier molecular flexibility index (Phi) is 12.7. The minimum absolute atomic E-state index is 0. The summed E-state index contributed by atoms with van der Waals surface area (Å²) in [6.45, 7) is 5.58. The Bertz CT molecular complexity index is 1010. The van der Waals surface area contributed by atoms with Crippen molar-refractivity contribution >= 4 is 30.1 Å². The first kappa shape index (κ1) is 33.1. The van der Waals surface area contributed by atoms with Crippen LogP contribution in [0.3, 0.4) is 0 Å². The number of carbonyl (C=O) groups excluding carboxylic acids is 3. The van der Waals surface area contributed by atoms with Crippen LogP contribution in [0.4, 0.5) is 0 Å². The Labute approximate surface area is 251 Å². The molecule has 1 aromatic carbocycles. The number of carbonyl (C=O) groups is 3. The molecule has 0 radical (unpaired) electrons. The number of ether oxygens (including phenoxy) is 1. The van der Waals surface area contributed by atoms with Gasteiger partial charge in [0, 0.05) is 26.7 Å². The molecule has 3 N–H and O–H groups in total. The molecule has 2 atom stereocenters. The van der Waals surface area contributed by atoms with Crippen molar-refractivity contribution in [1.82, 2.24) is 20.4 Å². The largest absolute Gasteiger partial charge is 0.493 e. The lowest BCUT2D eigenvalue weighted by Gasteiger charge is -2.52. The van der Waals surface area contributed by atoms with Crippen molar-refractivity contribution in [2.24, 2.45) is 5.92 Å². The summed E-state index contributed by atoms with van der Waals surface area (Å²) in [4.78, 5) is 43.6. The molecule has 0 bridgehead atoms. The van der Waals surface area contributed by atoms with Gasteiger partial charge in [0.1, 0.15) is 17.3 Å². The number of unbranched alkanes of at least 4 members (excludes halogenated alkanes) is 2. The lowest BCUT2D eigenvalue weighted by Crippen LogP contribution is -2.75. The van der Waals surface area contributed by atoms with Gasteiger partial charge in [0.15, 0.2) is 0 Å². The van der Waals surface area contributed by atoms with E-state index in [-0.39, 0.29) is 36.0 Å². The van der Waals surface area contributed by atoms with E-state index >= 15 is 0 Å². The molecule has 2 aliphatic heterocycles. The van der Waals surface area contributed by atoms with Crippen molar-refractivity contribution in [2.75, 3.05) is 39.8 Å². The molecule has 1 saturated carbocycles. The van der Waals surface area contributed by atoms with E-state index in [0.717, 1.165) is 71.0 Å². The summed E-state index contributed by atoms with van der Waals surface area (Å²) in [7, 11) is 1.61. The van der Waals surface area contributed by atoms with Crippen LogP contribution in [0, 0.1) is 5.92 Å². The van der Waals surface area contributed by atoms with Gasteiger partial charge < -0.3 is 30.3 Å². The van der Waals surface area contributed by atoms with Crippen LogP contribution in [0.5, 0.6) is 5.75 Å². The number of aliphatic hydroxyl groups excluding tert-OH is 1. The van der Waals surface area contributed by atoms with E-state index in [1.807, 2.05) is 23.1 Å². The summed E-state index contributed by atoms with van der Waals surface area (Å²) in [5, 5.41) is 16.8. The van der Waals surface area contributed by atoms with Gasteiger partial charge in [0.25, 0.3) is 5.91 Å². The van der Waals surface area contributed by atoms with E-state index in [9.17, 15) is 19.5 Å². The summed E-state index contributed by atoms with van der Waals surface area (Å²) in [5.74, 6) is 0.313. The number of piperidine rings is 1. The number of amides is 3. The number of likely N-dealkylation sites (tertiary alicyclic amines) is 1. The first-order chi connectivity index (χ1) is 19.4. The quantitative estimate of drug-likeness (QED) is 0.320. The number of halogens is 1. The molecule has 0 aromatic heterocycles. The standard InChI is InChI=1S/C31H48N4O5.ClH/c1-3-4-19-35-29(38)26(27(36)23-12-6-5-7-13-23)33-30(39)31(35)16-20-34(21-17-31)18-10-11-22-40-25-15-9-8-14-24(25)28(37)32-2;/h8-9,14-15,23,26-27,36H,3-7,10-13,16-22H2,1-2H3,(H,32,37)(H,33,39);1H/t26-,27-;/m1./s1. The smallest absolute Gasteiger partial charge is 0.254 e. The maximum atomic E-state index is 13.8. The molecular weight excluding hydrogens is 544 g/mol. The van der Waals surface area contributed by atoms with Gasteiger partial charge in [-0.15, -0.1) is 12.4 Å². The van der Waals surface area contributed by atoms with Gasteiger partial charge in [0.05, 0.1) is 18.3 Å². The molecule has 3 amide bonds. The molecule has 230 valence electrons. The molecule has 1 aliphatic carbocycles. The summed E-state index contributed by atoms with van der Waals surface area (Å²) in [6.07, 6.45) is 9.14. The molecule has 1 aromatic rings. The van der Waals surface area contributed by atoms with Gasteiger partial charge in [-0.05, 0) is 69.5 Å². The molecule has 1 spiro atoms. The highest BCUT2D eigenvalue weighted by Gasteiger charge is 2.55. The van der Waals surface area contributed by atoms with Gasteiger partial charge in [-0.25, -0.2) is 0 Å². The van der Waals surface area contributed by atoms with E-state index < -0.39 is 17.7 Å². The third-order valence-electron chi connectivity index (χ3n) is 9.14. The summed E-state index contributed by atoms with van der Waals surface area (Å²) in [6, 6.07) is 6.43. The molecule has 0 unspecified atom stereocenters. The number of rotatable bonds is 12. The van der Waals surface area contributed by atoms with E-state index in [1.165, 1.54) is 6.42 Å². The minimum atomic E-state index is -0.829. The normalized spacial score (nSPS) is 22.1. The SMILES string of the molecule is CCCCN1C(=O)[C@@H]([C@H](O)C2CCCCC2)NC(=O)C12CCN(CCCCOc1ccccc1C(=O)NC)CC2.Cl. The lowest BCUT2D eigenvalue weighted by atomic mass is 9.78. The first-order valence-electron chi connectivity index (χ1n) is 15.4. The zero-order valence-electron chi connectivity index (χ0n) is 24.7. The van der Waals surface area contributed by atoms with Crippen molar-refractivity contribution < 1.29 is 24.2 Å². The number of nitrogens with one attached hydrogen (secondary N) is 2. The highest BCUT2D eigenvalue weighted by molar-refractivity contribution is 6.00. The van der Waals surface area contributed by atoms with E-state index in [2.05, 4.69) is 22.5 Å². The molecular formula is C31H49ClN4O5. The van der Waals surface area contributed by atoms with Crippen molar-refractivity contribution in [3.05, 3.63) is 29.8 Å². The topological polar surface area (TPSA) is 111 Å². The number of benzene rings is 1. The molecule has 2 heterocycles.